The average molecular weight is 223 g/mol. The quantitative estimate of drug-likeness (QED) is 0.828. The van der Waals surface area contributed by atoms with Crippen LogP contribution in [0.4, 0.5) is 0 Å². The first-order valence-electron chi connectivity index (χ1n) is 6.13. The molecule has 2 rings (SSSR count). The van der Waals surface area contributed by atoms with Crippen molar-refractivity contribution in [2.45, 2.75) is 52.1 Å². The van der Waals surface area contributed by atoms with E-state index in [4.69, 9.17) is 5.73 Å². The average Bonchev–Trinajstić information content (AvgIpc) is 2.71. The highest BCUT2D eigenvalue weighted by molar-refractivity contribution is 4.92. The van der Waals surface area contributed by atoms with E-state index in [0.717, 1.165) is 30.5 Å². The second kappa shape index (κ2) is 4.49. The molecule has 0 saturated heterocycles. The van der Waals surface area contributed by atoms with Crippen LogP contribution in [0.25, 0.3) is 0 Å². The van der Waals surface area contributed by atoms with E-state index in [-0.39, 0.29) is 6.04 Å². The molecule has 5 nitrogen and oxygen atoms in total. The normalized spacial score (nSPS) is 32.6. The zero-order chi connectivity index (χ0) is 11.7. The van der Waals surface area contributed by atoms with Gasteiger partial charge < -0.3 is 5.73 Å². The van der Waals surface area contributed by atoms with Gasteiger partial charge in [0, 0.05) is 0 Å². The molecular formula is C11H21N5. The Hall–Kier alpha value is -0.970. The van der Waals surface area contributed by atoms with E-state index in [1.165, 1.54) is 6.42 Å². The molecule has 1 fully saturated rings. The van der Waals surface area contributed by atoms with Gasteiger partial charge in [0.15, 0.2) is 5.82 Å². The smallest absolute Gasteiger partial charge is 0.167 e. The van der Waals surface area contributed by atoms with Gasteiger partial charge in [0.25, 0.3) is 0 Å². The van der Waals surface area contributed by atoms with E-state index in [0.29, 0.717) is 6.04 Å². The monoisotopic (exact) mass is 223 g/mol. The molecular weight excluding hydrogens is 202 g/mol. The van der Waals surface area contributed by atoms with Crippen molar-refractivity contribution >= 4 is 0 Å². The molecule has 0 radical (unpaired) electrons. The lowest BCUT2D eigenvalue weighted by Crippen LogP contribution is -2.26. The summed E-state index contributed by atoms with van der Waals surface area (Å²) in [5, 5.41) is 11.9. The number of nitrogens with two attached hydrogens (primary N) is 1. The molecule has 5 heteroatoms. The van der Waals surface area contributed by atoms with Crippen LogP contribution in [0.2, 0.25) is 0 Å². The van der Waals surface area contributed by atoms with Crippen LogP contribution in [-0.4, -0.2) is 20.2 Å². The summed E-state index contributed by atoms with van der Waals surface area (Å²) in [5.41, 5.74) is 5.86. The Morgan fingerprint density at radius 2 is 2.06 bits per heavy atom. The Balaban J connectivity index is 2.15. The molecule has 90 valence electrons. The number of nitrogens with zero attached hydrogens (tertiary/aromatic N) is 4. The molecule has 1 aliphatic carbocycles. The molecule has 0 spiro atoms. The third kappa shape index (κ3) is 2.09. The summed E-state index contributed by atoms with van der Waals surface area (Å²) >= 11 is 0. The maximum absolute atomic E-state index is 5.86. The second-order valence-electron chi connectivity index (χ2n) is 5.19. The van der Waals surface area contributed by atoms with Crippen molar-refractivity contribution in [2.24, 2.45) is 17.6 Å². The van der Waals surface area contributed by atoms with Crippen molar-refractivity contribution in [1.82, 2.24) is 20.2 Å². The van der Waals surface area contributed by atoms with Crippen molar-refractivity contribution in [1.29, 1.82) is 0 Å². The first-order valence-corrected chi connectivity index (χ1v) is 6.13. The molecule has 0 bridgehead atoms. The zero-order valence-corrected chi connectivity index (χ0v) is 10.3. The van der Waals surface area contributed by atoms with Gasteiger partial charge in [-0.2, -0.15) is 0 Å². The van der Waals surface area contributed by atoms with E-state index >= 15 is 0 Å². The van der Waals surface area contributed by atoms with Crippen LogP contribution in [0.1, 0.15) is 57.9 Å². The summed E-state index contributed by atoms with van der Waals surface area (Å²) in [7, 11) is 0. The topological polar surface area (TPSA) is 69.6 Å². The Bertz CT molecular complexity index is 346. The lowest BCUT2D eigenvalue weighted by Gasteiger charge is -2.32. The Morgan fingerprint density at radius 1 is 1.31 bits per heavy atom. The minimum atomic E-state index is -0.0929. The highest BCUT2D eigenvalue weighted by atomic mass is 15.6. The molecule has 1 aromatic heterocycles. The number of hydrogen-bond donors (Lipinski definition) is 1. The SMILES string of the molecule is CC(N)c1nnnn1C1CCC(C)C(C)C1. The lowest BCUT2D eigenvalue weighted by atomic mass is 9.79. The summed E-state index contributed by atoms with van der Waals surface area (Å²) in [6.07, 6.45) is 3.58. The molecule has 4 unspecified atom stereocenters. The van der Waals surface area contributed by atoms with Gasteiger partial charge in [-0.05, 0) is 48.4 Å². The molecule has 16 heavy (non-hydrogen) atoms. The van der Waals surface area contributed by atoms with Crippen LogP contribution in [0.15, 0.2) is 0 Å². The van der Waals surface area contributed by atoms with Crippen molar-refractivity contribution in [3.8, 4) is 0 Å². The van der Waals surface area contributed by atoms with Gasteiger partial charge in [0.1, 0.15) is 0 Å². The van der Waals surface area contributed by atoms with E-state index < -0.39 is 0 Å². The zero-order valence-electron chi connectivity index (χ0n) is 10.3. The van der Waals surface area contributed by atoms with Gasteiger partial charge in [-0.1, -0.05) is 13.8 Å². The van der Waals surface area contributed by atoms with Crippen molar-refractivity contribution in [3.63, 3.8) is 0 Å². The van der Waals surface area contributed by atoms with E-state index in [9.17, 15) is 0 Å². The number of aromatic nitrogens is 4. The summed E-state index contributed by atoms with van der Waals surface area (Å²) in [6.45, 7) is 6.57. The standard InChI is InChI=1S/C11H21N5/c1-7-4-5-10(6-8(7)2)16-11(9(3)12)13-14-15-16/h7-10H,4-6,12H2,1-3H3. The third-order valence-corrected chi connectivity index (χ3v) is 3.84. The van der Waals surface area contributed by atoms with Gasteiger partial charge in [-0.3, -0.25) is 0 Å². The van der Waals surface area contributed by atoms with E-state index in [2.05, 4.69) is 29.4 Å². The number of rotatable bonds is 2. The van der Waals surface area contributed by atoms with Gasteiger partial charge in [-0.25, -0.2) is 4.68 Å². The van der Waals surface area contributed by atoms with Crippen LogP contribution in [-0.2, 0) is 0 Å². The van der Waals surface area contributed by atoms with Crippen molar-refractivity contribution in [2.75, 3.05) is 0 Å². The largest absolute Gasteiger partial charge is 0.322 e. The first-order chi connectivity index (χ1) is 7.59. The molecule has 1 aromatic rings. The summed E-state index contributed by atoms with van der Waals surface area (Å²) in [4.78, 5) is 0. The van der Waals surface area contributed by atoms with Crippen molar-refractivity contribution in [3.05, 3.63) is 5.82 Å². The van der Waals surface area contributed by atoms with Crippen LogP contribution in [0.5, 0.6) is 0 Å². The fraction of sp³-hybridized carbons (Fsp3) is 0.909. The molecule has 1 saturated carbocycles. The van der Waals surface area contributed by atoms with Gasteiger partial charge in [0.2, 0.25) is 0 Å². The first kappa shape index (κ1) is 11.5. The maximum atomic E-state index is 5.86. The Kier molecular flexibility index (Phi) is 3.23. The van der Waals surface area contributed by atoms with Gasteiger partial charge >= 0.3 is 0 Å². The fourth-order valence-electron chi connectivity index (χ4n) is 2.50. The molecule has 1 aliphatic rings. The number of hydrogen-bond acceptors (Lipinski definition) is 4. The van der Waals surface area contributed by atoms with E-state index in [1.54, 1.807) is 0 Å². The molecule has 0 aliphatic heterocycles. The minimum Gasteiger partial charge on any atom is -0.322 e. The van der Waals surface area contributed by atoms with Gasteiger partial charge in [-0.15, -0.1) is 5.10 Å². The van der Waals surface area contributed by atoms with Crippen LogP contribution < -0.4 is 5.73 Å². The Labute approximate surface area is 96.4 Å². The molecule has 0 amide bonds. The Morgan fingerprint density at radius 3 is 2.69 bits per heavy atom. The molecule has 2 N–H and O–H groups in total. The summed E-state index contributed by atoms with van der Waals surface area (Å²) in [5.74, 6) is 2.36. The van der Waals surface area contributed by atoms with Gasteiger partial charge in [0.05, 0.1) is 12.1 Å². The predicted molar refractivity (Wildman–Crippen MR) is 61.6 cm³/mol. The lowest BCUT2D eigenvalue weighted by molar-refractivity contribution is 0.195. The van der Waals surface area contributed by atoms with E-state index in [1.807, 2.05) is 11.6 Å². The minimum absolute atomic E-state index is 0.0929. The highest BCUT2D eigenvalue weighted by Gasteiger charge is 2.28. The number of tetrazole rings is 1. The predicted octanol–water partition coefficient (Wildman–Crippen LogP) is 1.69. The maximum Gasteiger partial charge on any atom is 0.167 e. The van der Waals surface area contributed by atoms with Crippen LogP contribution in [0, 0.1) is 11.8 Å². The highest BCUT2D eigenvalue weighted by Crippen LogP contribution is 2.36. The van der Waals surface area contributed by atoms with Crippen LogP contribution >= 0.6 is 0 Å². The molecule has 0 aromatic carbocycles. The van der Waals surface area contributed by atoms with Crippen molar-refractivity contribution < 1.29 is 0 Å². The fourth-order valence-corrected chi connectivity index (χ4v) is 2.50. The third-order valence-electron chi connectivity index (χ3n) is 3.84. The summed E-state index contributed by atoms with van der Waals surface area (Å²) in [6, 6.07) is 0.340. The van der Waals surface area contributed by atoms with Crippen LogP contribution in [0.3, 0.4) is 0 Å². The second-order valence-corrected chi connectivity index (χ2v) is 5.19. The summed E-state index contributed by atoms with van der Waals surface area (Å²) < 4.78 is 1.94. The molecule has 1 heterocycles. The molecule has 4 atom stereocenters.